The molecular weight excluding hydrogens is 264 g/mol. The highest BCUT2D eigenvalue weighted by molar-refractivity contribution is 5.83. The van der Waals surface area contributed by atoms with E-state index in [2.05, 4.69) is 13.2 Å². The van der Waals surface area contributed by atoms with E-state index in [-0.39, 0.29) is 19.8 Å². The fraction of sp³-hybridized carbons (Fsp3) is 0.500. The Labute approximate surface area is 118 Å². The average molecular weight is 284 g/mol. The van der Waals surface area contributed by atoms with Gasteiger partial charge in [-0.25, -0.2) is 9.59 Å². The van der Waals surface area contributed by atoms with E-state index in [1.165, 1.54) is 6.92 Å². The molecule has 0 atom stereocenters. The van der Waals surface area contributed by atoms with Gasteiger partial charge < -0.3 is 14.2 Å². The summed E-state index contributed by atoms with van der Waals surface area (Å²) in [5, 5.41) is 0. The molecule has 0 saturated heterocycles. The Morgan fingerprint density at radius 1 is 1.00 bits per heavy atom. The van der Waals surface area contributed by atoms with Crippen LogP contribution in [0.15, 0.2) is 25.3 Å². The van der Waals surface area contributed by atoms with Gasteiger partial charge in [-0.2, -0.15) is 0 Å². The molecule has 0 aromatic rings. The van der Waals surface area contributed by atoms with Crippen LogP contribution in [0.4, 0.5) is 0 Å². The Bertz CT molecular complexity index is 361. The van der Waals surface area contributed by atoms with Gasteiger partial charge in [0.05, 0.1) is 6.61 Å². The maximum absolute atomic E-state index is 12.0. The smallest absolute Gasteiger partial charge is 0.330 e. The van der Waals surface area contributed by atoms with Crippen LogP contribution >= 0.6 is 0 Å². The average Bonchev–Trinajstić information content (AvgIpc) is 2.47. The number of esters is 3. The van der Waals surface area contributed by atoms with Gasteiger partial charge in [0.2, 0.25) is 0 Å². The maximum atomic E-state index is 12.0. The first kappa shape index (κ1) is 17.9. The number of carbonyl (C=O) groups excluding carboxylic acids is 3. The highest BCUT2D eigenvalue weighted by Gasteiger charge is 2.38. The van der Waals surface area contributed by atoms with Gasteiger partial charge >= 0.3 is 17.9 Å². The summed E-state index contributed by atoms with van der Waals surface area (Å²) in [6.07, 6.45) is 2.61. The Hall–Kier alpha value is -2.11. The number of carbonyl (C=O) groups is 3. The van der Waals surface area contributed by atoms with Gasteiger partial charge in [0.1, 0.15) is 18.6 Å². The van der Waals surface area contributed by atoms with Crippen molar-refractivity contribution in [3.05, 3.63) is 25.3 Å². The molecule has 0 amide bonds. The molecule has 0 spiro atoms. The molecule has 0 saturated carbocycles. The Balaban J connectivity index is 4.76. The third-order valence-corrected chi connectivity index (χ3v) is 2.33. The monoisotopic (exact) mass is 284 g/mol. The zero-order chi connectivity index (χ0) is 15.6. The van der Waals surface area contributed by atoms with Gasteiger partial charge in [-0.05, 0) is 13.3 Å². The zero-order valence-corrected chi connectivity index (χ0v) is 11.8. The molecule has 0 fully saturated rings. The van der Waals surface area contributed by atoms with E-state index in [0.717, 1.165) is 12.2 Å². The van der Waals surface area contributed by atoms with E-state index >= 15 is 0 Å². The lowest BCUT2D eigenvalue weighted by Crippen LogP contribution is -2.40. The molecule has 0 aromatic carbocycles. The Morgan fingerprint density at radius 2 is 1.45 bits per heavy atom. The molecule has 0 aliphatic heterocycles. The molecule has 0 aliphatic rings. The SMILES string of the molecule is C=CC(=O)OCC(C)(COC(=O)C=C)C(=O)OCCC. The van der Waals surface area contributed by atoms with Crippen molar-refractivity contribution in [2.45, 2.75) is 20.3 Å². The summed E-state index contributed by atoms with van der Waals surface area (Å²) in [6.45, 7) is 9.53. The minimum atomic E-state index is -1.27. The molecule has 0 bridgehead atoms. The quantitative estimate of drug-likeness (QED) is 0.362. The van der Waals surface area contributed by atoms with E-state index in [9.17, 15) is 14.4 Å². The third kappa shape index (κ3) is 6.17. The number of rotatable bonds is 9. The first-order valence-electron chi connectivity index (χ1n) is 6.15. The van der Waals surface area contributed by atoms with Crippen molar-refractivity contribution < 1.29 is 28.6 Å². The van der Waals surface area contributed by atoms with Crippen molar-refractivity contribution in [3.63, 3.8) is 0 Å². The first-order chi connectivity index (χ1) is 9.39. The maximum Gasteiger partial charge on any atom is 0.330 e. The first-order valence-corrected chi connectivity index (χ1v) is 6.15. The van der Waals surface area contributed by atoms with Crippen LogP contribution in [0.25, 0.3) is 0 Å². The van der Waals surface area contributed by atoms with E-state index in [1.807, 2.05) is 6.92 Å². The lowest BCUT2D eigenvalue weighted by atomic mass is 9.93. The largest absolute Gasteiger partial charge is 0.465 e. The lowest BCUT2D eigenvalue weighted by molar-refractivity contribution is -0.167. The van der Waals surface area contributed by atoms with Crippen LogP contribution in [0, 0.1) is 5.41 Å². The van der Waals surface area contributed by atoms with Crippen molar-refractivity contribution in [2.24, 2.45) is 5.41 Å². The molecule has 0 N–H and O–H groups in total. The van der Waals surface area contributed by atoms with Crippen LogP contribution in [0.5, 0.6) is 0 Å². The summed E-state index contributed by atoms with van der Waals surface area (Å²) in [5.74, 6) is -1.95. The van der Waals surface area contributed by atoms with Gasteiger partial charge in [-0.3, -0.25) is 4.79 Å². The fourth-order valence-electron chi connectivity index (χ4n) is 1.11. The Morgan fingerprint density at radius 3 is 1.80 bits per heavy atom. The summed E-state index contributed by atoms with van der Waals surface area (Å²) in [4.78, 5) is 34.1. The molecule has 112 valence electrons. The van der Waals surface area contributed by atoms with E-state index in [4.69, 9.17) is 14.2 Å². The normalized spacial score (nSPS) is 10.3. The van der Waals surface area contributed by atoms with Crippen molar-refractivity contribution in [3.8, 4) is 0 Å². The lowest BCUT2D eigenvalue weighted by Gasteiger charge is -2.25. The molecule has 6 nitrogen and oxygen atoms in total. The highest BCUT2D eigenvalue weighted by Crippen LogP contribution is 2.20. The molecule has 6 heteroatoms. The molecule has 20 heavy (non-hydrogen) atoms. The standard InChI is InChI=1S/C14H20O6/c1-5-8-18-13(17)14(4,9-19-11(15)6-2)10-20-12(16)7-3/h6-7H,2-3,5,8-10H2,1,4H3. The molecule has 0 heterocycles. The summed E-state index contributed by atoms with van der Waals surface area (Å²) in [5.41, 5.74) is -1.27. The second-order valence-corrected chi connectivity index (χ2v) is 4.32. The van der Waals surface area contributed by atoms with E-state index in [1.54, 1.807) is 0 Å². The molecule has 0 radical (unpaired) electrons. The summed E-state index contributed by atoms with van der Waals surface area (Å²) in [7, 11) is 0. The van der Waals surface area contributed by atoms with Gasteiger partial charge in [0.15, 0.2) is 0 Å². The van der Waals surface area contributed by atoms with Crippen molar-refractivity contribution >= 4 is 17.9 Å². The predicted molar refractivity (Wildman–Crippen MR) is 71.7 cm³/mol. The minimum absolute atomic E-state index is 0.235. The second kappa shape index (κ2) is 8.90. The highest BCUT2D eigenvalue weighted by atomic mass is 16.6. The fourth-order valence-corrected chi connectivity index (χ4v) is 1.11. The number of ether oxygens (including phenoxy) is 3. The van der Waals surface area contributed by atoms with Gasteiger partial charge in [0, 0.05) is 12.2 Å². The summed E-state index contributed by atoms with van der Waals surface area (Å²) >= 11 is 0. The molecule has 0 aliphatic carbocycles. The van der Waals surface area contributed by atoms with Crippen molar-refractivity contribution in [1.29, 1.82) is 0 Å². The topological polar surface area (TPSA) is 78.9 Å². The summed E-state index contributed by atoms with van der Waals surface area (Å²) < 4.78 is 14.7. The van der Waals surface area contributed by atoms with Crippen molar-refractivity contribution in [2.75, 3.05) is 19.8 Å². The third-order valence-electron chi connectivity index (χ3n) is 2.33. The van der Waals surface area contributed by atoms with Crippen LogP contribution in [-0.2, 0) is 28.6 Å². The molecule has 0 unspecified atom stereocenters. The van der Waals surface area contributed by atoms with Gasteiger partial charge in [-0.15, -0.1) is 0 Å². The van der Waals surface area contributed by atoms with Gasteiger partial charge in [-0.1, -0.05) is 20.1 Å². The van der Waals surface area contributed by atoms with Gasteiger partial charge in [0.25, 0.3) is 0 Å². The molecule has 0 rings (SSSR count). The second-order valence-electron chi connectivity index (χ2n) is 4.32. The number of hydrogen-bond acceptors (Lipinski definition) is 6. The van der Waals surface area contributed by atoms with Crippen LogP contribution in [-0.4, -0.2) is 37.7 Å². The number of hydrogen-bond donors (Lipinski definition) is 0. The van der Waals surface area contributed by atoms with Crippen LogP contribution in [0.3, 0.4) is 0 Å². The molecule has 0 aromatic heterocycles. The predicted octanol–water partition coefficient (Wildman–Crippen LogP) is 1.40. The van der Waals surface area contributed by atoms with Crippen molar-refractivity contribution in [1.82, 2.24) is 0 Å². The van der Waals surface area contributed by atoms with E-state index < -0.39 is 23.3 Å². The van der Waals surface area contributed by atoms with Crippen LogP contribution in [0.2, 0.25) is 0 Å². The van der Waals surface area contributed by atoms with Crippen LogP contribution < -0.4 is 0 Å². The molecular formula is C14H20O6. The van der Waals surface area contributed by atoms with E-state index in [0.29, 0.717) is 6.42 Å². The van der Waals surface area contributed by atoms with Crippen LogP contribution in [0.1, 0.15) is 20.3 Å². The summed E-state index contributed by atoms with van der Waals surface area (Å²) in [6, 6.07) is 0. The zero-order valence-electron chi connectivity index (χ0n) is 11.8. The Kier molecular flexibility index (Phi) is 7.96. The minimum Gasteiger partial charge on any atom is -0.465 e.